The van der Waals surface area contributed by atoms with Crippen molar-refractivity contribution < 1.29 is 4.79 Å². The van der Waals surface area contributed by atoms with Crippen molar-refractivity contribution >= 4 is 5.91 Å². The van der Waals surface area contributed by atoms with Gasteiger partial charge in [-0.2, -0.15) is 0 Å². The molecule has 3 heteroatoms. The summed E-state index contributed by atoms with van der Waals surface area (Å²) in [6.07, 6.45) is 0.524. The lowest BCUT2D eigenvalue weighted by atomic mass is 10.0. The Labute approximate surface area is 126 Å². The molecule has 0 spiro atoms. The van der Waals surface area contributed by atoms with Gasteiger partial charge < -0.3 is 10.6 Å². The second-order valence-electron chi connectivity index (χ2n) is 4.94. The van der Waals surface area contributed by atoms with Crippen molar-refractivity contribution in [1.82, 2.24) is 10.6 Å². The molecular formula is C18H22N2O. The molecule has 110 valence electrons. The number of hydrogen-bond donors (Lipinski definition) is 2. The SMILES string of the molecule is CCNC(=O)CCNCc1ccc(-c2ccccc2)cc1. The summed E-state index contributed by atoms with van der Waals surface area (Å²) in [5.41, 5.74) is 3.68. The van der Waals surface area contributed by atoms with Crippen molar-refractivity contribution in [2.75, 3.05) is 13.1 Å². The molecule has 0 atom stereocenters. The first-order valence-corrected chi connectivity index (χ1v) is 7.41. The van der Waals surface area contributed by atoms with Crippen molar-refractivity contribution in [2.24, 2.45) is 0 Å². The summed E-state index contributed by atoms with van der Waals surface area (Å²) in [5, 5.41) is 6.08. The van der Waals surface area contributed by atoms with Crippen LogP contribution < -0.4 is 10.6 Å². The molecule has 2 N–H and O–H groups in total. The fourth-order valence-electron chi connectivity index (χ4n) is 2.17. The normalized spacial score (nSPS) is 10.3. The van der Waals surface area contributed by atoms with Crippen LogP contribution in [0.4, 0.5) is 0 Å². The maximum atomic E-state index is 11.3. The van der Waals surface area contributed by atoms with E-state index in [1.807, 2.05) is 25.1 Å². The van der Waals surface area contributed by atoms with Crippen LogP contribution in [0.3, 0.4) is 0 Å². The van der Waals surface area contributed by atoms with Gasteiger partial charge in [0.15, 0.2) is 0 Å². The van der Waals surface area contributed by atoms with Crippen molar-refractivity contribution in [3.8, 4) is 11.1 Å². The van der Waals surface area contributed by atoms with E-state index in [2.05, 4.69) is 47.0 Å². The Morgan fingerprint density at radius 1 is 0.952 bits per heavy atom. The minimum atomic E-state index is 0.101. The van der Waals surface area contributed by atoms with Gasteiger partial charge in [-0.1, -0.05) is 54.6 Å². The highest BCUT2D eigenvalue weighted by molar-refractivity contribution is 5.75. The quantitative estimate of drug-likeness (QED) is 0.767. The lowest BCUT2D eigenvalue weighted by molar-refractivity contribution is -0.120. The molecule has 0 heterocycles. The largest absolute Gasteiger partial charge is 0.356 e. The predicted octanol–water partition coefficient (Wildman–Crippen LogP) is 2.97. The van der Waals surface area contributed by atoms with Gasteiger partial charge in [0.05, 0.1) is 0 Å². The highest BCUT2D eigenvalue weighted by Gasteiger charge is 2.00. The van der Waals surface area contributed by atoms with E-state index in [0.29, 0.717) is 19.5 Å². The number of nitrogens with one attached hydrogen (secondary N) is 2. The molecule has 2 aromatic carbocycles. The number of carbonyl (C=O) groups is 1. The molecular weight excluding hydrogens is 260 g/mol. The fourth-order valence-corrected chi connectivity index (χ4v) is 2.17. The van der Waals surface area contributed by atoms with Crippen LogP contribution in [0, 0.1) is 0 Å². The third-order valence-electron chi connectivity index (χ3n) is 3.29. The molecule has 0 aliphatic carbocycles. The zero-order valence-electron chi connectivity index (χ0n) is 12.4. The number of carbonyl (C=O) groups excluding carboxylic acids is 1. The van der Waals surface area contributed by atoms with Crippen LogP contribution in [-0.2, 0) is 11.3 Å². The van der Waals surface area contributed by atoms with Gasteiger partial charge in [-0.15, -0.1) is 0 Å². The molecule has 0 radical (unpaired) electrons. The van der Waals surface area contributed by atoms with Crippen LogP contribution in [0.2, 0.25) is 0 Å². The monoisotopic (exact) mass is 282 g/mol. The van der Waals surface area contributed by atoms with E-state index < -0.39 is 0 Å². The average Bonchev–Trinajstić information content (AvgIpc) is 2.53. The molecule has 3 nitrogen and oxygen atoms in total. The van der Waals surface area contributed by atoms with Crippen LogP contribution >= 0.6 is 0 Å². The van der Waals surface area contributed by atoms with Crippen LogP contribution in [0.5, 0.6) is 0 Å². The second-order valence-corrected chi connectivity index (χ2v) is 4.94. The summed E-state index contributed by atoms with van der Waals surface area (Å²) >= 11 is 0. The van der Waals surface area contributed by atoms with Gasteiger partial charge in [0.2, 0.25) is 5.91 Å². The molecule has 0 fully saturated rings. The lowest BCUT2D eigenvalue weighted by Gasteiger charge is -2.07. The van der Waals surface area contributed by atoms with Crippen molar-refractivity contribution in [3.63, 3.8) is 0 Å². The van der Waals surface area contributed by atoms with Gasteiger partial charge in [0, 0.05) is 26.1 Å². The standard InChI is InChI=1S/C18H22N2O/c1-2-20-18(21)12-13-19-14-15-8-10-17(11-9-15)16-6-4-3-5-7-16/h3-11,19H,2,12-14H2,1H3,(H,20,21). The molecule has 2 rings (SSSR count). The van der Waals surface area contributed by atoms with E-state index in [-0.39, 0.29) is 5.91 Å². The second kappa shape index (κ2) is 8.22. The van der Waals surface area contributed by atoms with Crippen LogP contribution in [0.1, 0.15) is 18.9 Å². The Morgan fingerprint density at radius 3 is 2.29 bits per heavy atom. The van der Waals surface area contributed by atoms with E-state index >= 15 is 0 Å². The number of rotatable bonds is 7. The number of amides is 1. The predicted molar refractivity (Wildman–Crippen MR) is 86.9 cm³/mol. The first-order valence-electron chi connectivity index (χ1n) is 7.41. The Bertz CT molecular complexity index is 549. The third-order valence-corrected chi connectivity index (χ3v) is 3.29. The van der Waals surface area contributed by atoms with Gasteiger partial charge in [-0.25, -0.2) is 0 Å². The molecule has 0 saturated carbocycles. The number of hydrogen-bond acceptors (Lipinski definition) is 2. The maximum Gasteiger partial charge on any atom is 0.221 e. The molecule has 0 aromatic heterocycles. The van der Waals surface area contributed by atoms with Gasteiger partial charge in [-0.3, -0.25) is 4.79 Å². The highest BCUT2D eigenvalue weighted by atomic mass is 16.1. The van der Waals surface area contributed by atoms with E-state index in [4.69, 9.17) is 0 Å². The van der Waals surface area contributed by atoms with Gasteiger partial charge in [-0.05, 0) is 23.6 Å². The summed E-state index contributed by atoms with van der Waals surface area (Å²) in [4.78, 5) is 11.3. The Morgan fingerprint density at radius 2 is 1.62 bits per heavy atom. The van der Waals surface area contributed by atoms with Gasteiger partial charge in [0.25, 0.3) is 0 Å². The Kier molecular flexibility index (Phi) is 5.98. The Balaban J connectivity index is 1.79. The van der Waals surface area contributed by atoms with Gasteiger partial charge >= 0.3 is 0 Å². The molecule has 0 bridgehead atoms. The minimum Gasteiger partial charge on any atom is -0.356 e. The third kappa shape index (κ3) is 5.04. The Hall–Kier alpha value is -2.13. The first-order chi connectivity index (χ1) is 10.3. The summed E-state index contributed by atoms with van der Waals surface area (Å²) in [5.74, 6) is 0.101. The highest BCUT2D eigenvalue weighted by Crippen LogP contribution is 2.19. The summed E-state index contributed by atoms with van der Waals surface area (Å²) < 4.78 is 0. The molecule has 2 aromatic rings. The van der Waals surface area contributed by atoms with E-state index in [1.165, 1.54) is 16.7 Å². The zero-order valence-corrected chi connectivity index (χ0v) is 12.4. The number of benzene rings is 2. The first kappa shape index (κ1) is 15.3. The van der Waals surface area contributed by atoms with Crippen LogP contribution in [0.25, 0.3) is 11.1 Å². The topological polar surface area (TPSA) is 41.1 Å². The maximum absolute atomic E-state index is 11.3. The van der Waals surface area contributed by atoms with E-state index in [9.17, 15) is 4.79 Å². The van der Waals surface area contributed by atoms with Crippen molar-refractivity contribution in [3.05, 3.63) is 60.2 Å². The van der Waals surface area contributed by atoms with E-state index in [0.717, 1.165) is 6.54 Å². The molecule has 0 unspecified atom stereocenters. The van der Waals surface area contributed by atoms with Crippen LogP contribution in [-0.4, -0.2) is 19.0 Å². The smallest absolute Gasteiger partial charge is 0.221 e. The van der Waals surface area contributed by atoms with Crippen molar-refractivity contribution in [2.45, 2.75) is 19.9 Å². The molecule has 21 heavy (non-hydrogen) atoms. The van der Waals surface area contributed by atoms with Crippen molar-refractivity contribution in [1.29, 1.82) is 0 Å². The van der Waals surface area contributed by atoms with Crippen LogP contribution in [0.15, 0.2) is 54.6 Å². The summed E-state index contributed by atoms with van der Waals surface area (Å²) in [6.45, 7) is 4.11. The molecule has 0 saturated heterocycles. The zero-order chi connectivity index (χ0) is 14.9. The lowest BCUT2D eigenvalue weighted by Crippen LogP contribution is -2.27. The molecule has 0 aliphatic rings. The minimum absolute atomic E-state index is 0.101. The molecule has 1 amide bonds. The molecule has 0 aliphatic heterocycles. The van der Waals surface area contributed by atoms with E-state index in [1.54, 1.807) is 0 Å². The fraction of sp³-hybridized carbons (Fsp3) is 0.278. The van der Waals surface area contributed by atoms with Gasteiger partial charge in [0.1, 0.15) is 0 Å². The average molecular weight is 282 g/mol. The summed E-state index contributed by atoms with van der Waals surface area (Å²) in [6, 6.07) is 18.9. The summed E-state index contributed by atoms with van der Waals surface area (Å²) in [7, 11) is 0.